The number of hydrogen-bond donors (Lipinski definition) is 1. The van der Waals surface area contributed by atoms with E-state index in [2.05, 4.69) is 20.7 Å². The van der Waals surface area contributed by atoms with Crippen molar-refractivity contribution < 1.29 is 40.6 Å². The maximum absolute atomic E-state index is 13.4. The molecule has 40 heavy (non-hydrogen) atoms. The molecular formula is C27H26BrF3N2O6S. The van der Waals surface area contributed by atoms with Gasteiger partial charge in [-0.3, -0.25) is 9.52 Å². The van der Waals surface area contributed by atoms with Gasteiger partial charge >= 0.3 is 6.18 Å². The lowest BCUT2D eigenvalue weighted by Gasteiger charge is -2.29. The summed E-state index contributed by atoms with van der Waals surface area (Å²) in [6.07, 6.45) is -2.97. The van der Waals surface area contributed by atoms with Gasteiger partial charge < -0.3 is 19.1 Å². The molecule has 1 heterocycles. The van der Waals surface area contributed by atoms with Crippen molar-refractivity contribution >= 4 is 43.2 Å². The number of nitrogens with zero attached hydrogens (tertiary/aromatic N) is 1. The number of anilines is 2. The summed E-state index contributed by atoms with van der Waals surface area (Å²) >= 11 is 3.24. The topological polar surface area (TPSA) is 94.2 Å². The van der Waals surface area contributed by atoms with Gasteiger partial charge in [-0.15, -0.1) is 0 Å². The van der Waals surface area contributed by atoms with Crippen LogP contribution in [0.4, 0.5) is 24.5 Å². The van der Waals surface area contributed by atoms with Crippen LogP contribution in [-0.4, -0.2) is 54.2 Å². The lowest BCUT2D eigenvalue weighted by molar-refractivity contribution is -0.137. The van der Waals surface area contributed by atoms with Crippen LogP contribution in [0.3, 0.4) is 0 Å². The highest BCUT2D eigenvalue weighted by atomic mass is 79.9. The monoisotopic (exact) mass is 642 g/mol. The molecule has 0 saturated heterocycles. The summed E-state index contributed by atoms with van der Waals surface area (Å²) < 4.78 is 81.6. The first-order chi connectivity index (χ1) is 18.9. The molecule has 0 bridgehead atoms. The molecule has 1 N–H and O–H groups in total. The lowest BCUT2D eigenvalue weighted by atomic mass is 9.93. The van der Waals surface area contributed by atoms with Crippen LogP contribution in [-0.2, 0) is 32.1 Å². The zero-order chi connectivity index (χ0) is 29.1. The number of nitrogens with one attached hydrogen (secondary N) is 1. The number of rotatable bonds is 10. The number of hydrogen-bond acceptors (Lipinski definition) is 6. The third kappa shape index (κ3) is 7.14. The van der Waals surface area contributed by atoms with Crippen molar-refractivity contribution in [2.24, 2.45) is 0 Å². The van der Waals surface area contributed by atoms with Gasteiger partial charge in [0, 0.05) is 29.4 Å². The quantitative estimate of drug-likeness (QED) is 0.225. The first-order valence-corrected chi connectivity index (χ1v) is 14.7. The Labute approximate surface area is 238 Å². The highest BCUT2D eigenvalue weighted by Crippen LogP contribution is 2.38. The van der Waals surface area contributed by atoms with Gasteiger partial charge in [-0.2, -0.15) is 13.2 Å². The van der Waals surface area contributed by atoms with E-state index in [1.165, 1.54) is 24.1 Å². The Morgan fingerprint density at radius 2 is 1.77 bits per heavy atom. The number of ether oxygens (including phenoxy) is 3. The predicted molar refractivity (Wildman–Crippen MR) is 148 cm³/mol. The molecule has 8 nitrogen and oxygen atoms in total. The van der Waals surface area contributed by atoms with Crippen LogP contribution in [0.2, 0.25) is 0 Å². The van der Waals surface area contributed by atoms with Gasteiger partial charge in [-0.1, -0.05) is 34.1 Å². The van der Waals surface area contributed by atoms with E-state index in [4.69, 9.17) is 14.2 Å². The minimum Gasteiger partial charge on any atom is -0.465 e. The van der Waals surface area contributed by atoms with Gasteiger partial charge in [0.2, 0.25) is 10.0 Å². The molecule has 0 aromatic heterocycles. The van der Waals surface area contributed by atoms with Crippen molar-refractivity contribution in [1.29, 1.82) is 0 Å². The summed E-state index contributed by atoms with van der Waals surface area (Å²) in [6.45, 7) is 0.845. The summed E-state index contributed by atoms with van der Waals surface area (Å²) in [5, 5.41) is 0. The van der Waals surface area contributed by atoms with E-state index in [0.717, 1.165) is 24.0 Å². The number of amides is 1. The van der Waals surface area contributed by atoms with Gasteiger partial charge in [-0.25, -0.2) is 8.42 Å². The molecular weight excluding hydrogens is 617 g/mol. The van der Waals surface area contributed by atoms with Gasteiger partial charge in [-0.05, 0) is 59.5 Å². The Morgan fingerprint density at radius 3 is 2.45 bits per heavy atom. The minimum absolute atomic E-state index is 0.130. The smallest absolute Gasteiger partial charge is 0.416 e. The molecule has 0 fully saturated rings. The molecule has 0 saturated carbocycles. The third-order valence-corrected chi connectivity index (χ3v) is 7.34. The first-order valence-electron chi connectivity index (χ1n) is 12.0. The number of alkyl halides is 3. The molecule has 0 atom stereocenters. The van der Waals surface area contributed by atoms with Crippen molar-refractivity contribution in [3.05, 3.63) is 75.8 Å². The van der Waals surface area contributed by atoms with E-state index < -0.39 is 21.8 Å². The maximum Gasteiger partial charge on any atom is 0.416 e. The molecule has 13 heteroatoms. The normalized spacial score (nSPS) is 13.8. The Morgan fingerprint density at radius 1 is 1.02 bits per heavy atom. The summed E-state index contributed by atoms with van der Waals surface area (Å²) in [5.74, 6) is -0.0654. The van der Waals surface area contributed by atoms with Crippen molar-refractivity contribution in [2.45, 2.75) is 12.6 Å². The zero-order valence-corrected chi connectivity index (χ0v) is 24.0. The molecule has 1 aliphatic rings. The van der Waals surface area contributed by atoms with Gasteiger partial charge in [0.05, 0.1) is 30.7 Å². The van der Waals surface area contributed by atoms with Gasteiger partial charge in [0.15, 0.2) is 6.79 Å². The number of carbonyl (C=O) groups excluding carboxylic acids is 1. The Balaban J connectivity index is 1.57. The average molecular weight is 643 g/mol. The number of carbonyl (C=O) groups is 1. The maximum atomic E-state index is 13.4. The number of fused-ring (bicyclic) bond motifs is 1. The van der Waals surface area contributed by atoms with Crippen molar-refractivity contribution in [2.75, 3.05) is 49.5 Å². The molecule has 3 aromatic carbocycles. The summed E-state index contributed by atoms with van der Waals surface area (Å²) in [7, 11) is -2.12. The average Bonchev–Trinajstić information content (AvgIpc) is 2.88. The lowest BCUT2D eigenvalue weighted by Crippen LogP contribution is -2.37. The van der Waals surface area contributed by atoms with E-state index in [1.54, 1.807) is 30.3 Å². The van der Waals surface area contributed by atoms with E-state index >= 15 is 0 Å². The van der Waals surface area contributed by atoms with Crippen LogP contribution in [0.15, 0.2) is 59.1 Å². The van der Waals surface area contributed by atoms with E-state index in [1.807, 2.05) is 0 Å². The van der Waals surface area contributed by atoms with E-state index in [0.29, 0.717) is 53.0 Å². The third-order valence-electron chi connectivity index (χ3n) is 6.09. The molecule has 3 aromatic rings. The Kier molecular flexibility index (Phi) is 9.08. The summed E-state index contributed by atoms with van der Waals surface area (Å²) in [6, 6.07) is 13.3. The molecule has 0 aliphatic carbocycles. The van der Waals surface area contributed by atoms with Crippen LogP contribution < -0.4 is 14.4 Å². The fourth-order valence-electron chi connectivity index (χ4n) is 4.23. The molecule has 214 valence electrons. The second kappa shape index (κ2) is 12.2. The fraction of sp³-hybridized carbons (Fsp3) is 0.296. The number of methoxy groups -OCH3 is 1. The van der Waals surface area contributed by atoms with Crippen molar-refractivity contribution in [1.82, 2.24) is 0 Å². The van der Waals surface area contributed by atoms with Crippen LogP contribution in [0.1, 0.15) is 21.5 Å². The molecule has 1 aliphatic heterocycles. The highest BCUT2D eigenvalue weighted by Gasteiger charge is 2.31. The number of halogens is 4. The molecule has 4 rings (SSSR count). The SMILES string of the molecule is COCCOCOc1ccc(N2CCc3cc(-c4ccc(C(F)(F)F)cc4Br)ccc3C2=O)cc1NS(C)(=O)=O. The largest absolute Gasteiger partial charge is 0.465 e. The zero-order valence-electron chi connectivity index (χ0n) is 21.5. The molecule has 0 unspecified atom stereocenters. The van der Waals surface area contributed by atoms with Gasteiger partial charge in [0.25, 0.3) is 5.91 Å². The predicted octanol–water partition coefficient (Wildman–Crippen LogP) is 5.71. The number of benzene rings is 3. The Hall–Kier alpha value is -3.13. The number of sulfonamides is 1. The molecule has 0 radical (unpaired) electrons. The standard InChI is InChI=1S/C27H26BrF3N2O6S/c1-37-11-12-38-16-39-25-8-5-20(15-24(25)32-40(2,35)36)33-10-9-18-13-17(3-6-22(18)26(33)34)21-7-4-19(14-23(21)28)27(29,30)31/h3-8,13-15,32H,9-12,16H2,1-2H3. The van der Waals surface area contributed by atoms with Crippen molar-refractivity contribution in [3.8, 4) is 16.9 Å². The molecule has 1 amide bonds. The summed E-state index contributed by atoms with van der Waals surface area (Å²) in [4.78, 5) is 15.0. The first kappa shape index (κ1) is 29.8. The van der Waals surface area contributed by atoms with Crippen LogP contribution in [0.25, 0.3) is 11.1 Å². The highest BCUT2D eigenvalue weighted by molar-refractivity contribution is 9.10. The second-order valence-corrected chi connectivity index (χ2v) is 11.6. The Bertz CT molecular complexity index is 1510. The summed E-state index contributed by atoms with van der Waals surface area (Å²) in [5.41, 5.74) is 2.31. The van der Waals surface area contributed by atoms with Crippen molar-refractivity contribution in [3.63, 3.8) is 0 Å². The van der Waals surface area contributed by atoms with Crippen LogP contribution in [0.5, 0.6) is 5.75 Å². The second-order valence-electron chi connectivity index (χ2n) is 8.99. The van der Waals surface area contributed by atoms with Crippen LogP contribution >= 0.6 is 15.9 Å². The minimum atomic E-state index is -4.45. The van der Waals surface area contributed by atoms with Crippen LogP contribution in [0, 0.1) is 0 Å². The fourth-order valence-corrected chi connectivity index (χ4v) is 5.39. The van der Waals surface area contributed by atoms with E-state index in [9.17, 15) is 26.4 Å². The van der Waals surface area contributed by atoms with E-state index in [-0.39, 0.29) is 24.1 Å². The molecule has 0 spiro atoms. The van der Waals surface area contributed by atoms with Gasteiger partial charge in [0.1, 0.15) is 5.75 Å².